The maximum absolute atomic E-state index is 12.6. The number of hydrogen-bond acceptors (Lipinski definition) is 3. The molecule has 1 aromatic rings. The highest BCUT2D eigenvalue weighted by Crippen LogP contribution is 2.25. The van der Waals surface area contributed by atoms with Crippen LogP contribution in [0.25, 0.3) is 0 Å². The van der Waals surface area contributed by atoms with E-state index in [9.17, 15) is 4.79 Å². The lowest BCUT2D eigenvalue weighted by molar-refractivity contribution is 0.0624. The number of rotatable bonds is 3. The number of likely N-dealkylation sites (tertiary alicyclic amines) is 1. The Labute approximate surface area is 126 Å². The molecule has 1 amide bonds. The summed E-state index contributed by atoms with van der Waals surface area (Å²) in [5, 5.41) is 8.05. The van der Waals surface area contributed by atoms with E-state index in [1.165, 1.54) is 19.3 Å². The smallest absolute Gasteiger partial charge is 0.274 e. The first-order valence-electron chi connectivity index (χ1n) is 8.34. The highest BCUT2D eigenvalue weighted by atomic mass is 16.2. The summed E-state index contributed by atoms with van der Waals surface area (Å²) in [5.41, 5.74) is 0.600. The van der Waals surface area contributed by atoms with Gasteiger partial charge in [0.2, 0.25) is 0 Å². The predicted octanol–water partition coefficient (Wildman–Crippen LogP) is 1.90. The Morgan fingerprint density at radius 1 is 1.43 bits per heavy atom. The Morgan fingerprint density at radius 2 is 2.33 bits per heavy atom. The molecule has 0 spiro atoms. The normalized spacial score (nSPS) is 26.2. The Kier molecular flexibility index (Phi) is 4.58. The Bertz CT molecular complexity index is 484. The maximum Gasteiger partial charge on any atom is 0.274 e. The summed E-state index contributed by atoms with van der Waals surface area (Å²) < 4.78 is 1.87. The van der Waals surface area contributed by atoms with Gasteiger partial charge in [-0.05, 0) is 44.2 Å². The third kappa shape index (κ3) is 3.28. The molecule has 1 N–H and O–H groups in total. The van der Waals surface area contributed by atoms with E-state index < -0.39 is 0 Å². The highest BCUT2D eigenvalue weighted by molar-refractivity contribution is 5.92. The van der Waals surface area contributed by atoms with E-state index in [1.807, 2.05) is 21.8 Å². The van der Waals surface area contributed by atoms with Crippen LogP contribution in [0.1, 0.15) is 49.5 Å². The van der Waals surface area contributed by atoms with Crippen LogP contribution in [0.3, 0.4) is 0 Å². The minimum Gasteiger partial charge on any atom is -0.337 e. The topological polar surface area (TPSA) is 50.2 Å². The van der Waals surface area contributed by atoms with Gasteiger partial charge in [-0.25, -0.2) is 0 Å². The molecule has 0 aromatic carbocycles. The summed E-state index contributed by atoms with van der Waals surface area (Å²) in [6.45, 7) is 5.87. The lowest BCUT2D eigenvalue weighted by Crippen LogP contribution is -2.50. The minimum absolute atomic E-state index is 0.104. The van der Waals surface area contributed by atoms with E-state index >= 15 is 0 Å². The third-order valence-electron chi connectivity index (χ3n) is 4.74. The Hall–Kier alpha value is -1.36. The van der Waals surface area contributed by atoms with Crippen LogP contribution in [0, 0.1) is 5.92 Å². The molecule has 5 heteroatoms. The van der Waals surface area contributed by atoms with Crippen molar-refractivity contribution in [1.82, 2.24) is 20.0 Å². The van der Waals surface area contributed by atoms with Gasteiger partial charge in [0.1, 0.15) is 5.69 Å². The lowest BCUT2D eigenvalue weighted by Gasteiger charge is -2.37. The second kappa shape index (κ2) is 6.60. The molecule has 0 unspecified atom stereocenters. The largest absolute Gasteiger partial charge is 0.337 e. The molecular formula is C16H26N4O. The first-order valence-corrected chi connectivity index (χ1v) is 8.34. The number of nitrogens with one attached hydrogen (secondary N) is 1. The highest BCUT2D eigenvalue weighted by Gasteiger charge is 2.32. The van der Waals surface area contributed by atoms with E-state index in [-0.39, 0.29) is 5.91 Å². The number of fused-ring (bicyclic) bond motifs is 1. The number of nitrogens with zero attached hydrogens (tertiary/aromatic N) is 3. The summed E-state index contributed by atoms with van der Waals surface area (Å²) in [6.07, 6.45) is 7.81. The number of amides is 1. The minimum atomic E-state index is 0.104. The second-order valence-corrected chi connectivity index (χ2v) is 6.32. The molecule has 0 radical (unpaired) electrons. The predicted molar refractivity (Wildman–Crippen MR) is 82.2 cm³/mol. The number of carbonyl (C=O) groups is 1. The van der Waals surface area contributed by atoms with E-state index in [0.29, 0.717) is 17.7 Å². The fourth-order valence-electron chi connectivity index (χ4n) is 3.59. The van der Waals surface area contributed by atoms with Crippen LogP contribution >= 0.6 is 0 Å². The number of aromatic nitrogens is 2. The van der Waals surface area contributed by atoms with Crippen LogP contribution in [0.2, 0.25) is 0 Å². The quantitative estimate of drug-likeness (QED) is 0.925. The Morgan fingerprint density at radius 3 is 3.19 bits per heavy atom. The van der Waals surface area contributed by atoms with E-state index in [0.717, 1.165) is 39.0 Å². The third-order valence-corrected chi connectivity index (χ3v) is 4.74. The summed E-state index contributed by atoms with van der Waals surface area (Å²) in [7, 11) is 0. The number of carbonyl (C=O) groups excluding carboxylic acids is 1. The molecule has 116 valence electrons. The van der Waals surface area contributed by atoms with Crippen molar-refractivity contribution in [2.24, 2.45) is 5.92 Å². The molecule has 0 bridgehead atoms. The number of piperidine rings is 1. The zero-order valence-corrected chi connectivity index (χ0v) is 12.9. The monoisotopic (exact) mass is 290 g/mol. The van der Waals surface area contributed by atoms with Gasteiger partial charge in [-0.1, -0.05) is 13.3 Å². The molecule has 1 aromatic heterocycles. The lowest BCUT2D eigenvalue weighted by atomic mass is 9.89. The van der Waals surface area contributed by atoms with E-state index in [4.69, 9.17) is 0 Å². The van der Waals surface area contributed by atoms with Crippen molar-refractivity contribution in [3.8, 4) is 0 Å². The summed E-state index contributed by atoms with van der Waals surface area (Å²) in [4.78, 5) is 14.6. The van der Waals surface area contributed by atoms with Crippen molar-refractivity contribution in [2.45, 2.75) is 51.6 Å². The van der Waals surface area contributed by atoms with E-state index in [2.05, 4.69) is 17.3 Å². The second-order valence-electron chi connectivity index (χ2n) is 6.32. The van der Waals surface area contributed by atoms with Gasteiger partial charge in [0, 0.05) is 31.9 Å². The van der Waals surface area contributed by atoms with Crippen LogP contribution < -0.4 is 5.32 Å². The van der Waals surface area contributed by atoms with Crippen molar-refractivity contribution < 1.29 is 4.79 Å². The average Bonchev–Trinajstić information content (AvgIpc) is 2.83. The molecule has 2 aliphatic rings. The van der Waals surface area contributed by atoms with Crippen molar-refractivity contribution >= 4 is 5.91 Å². The van der Waals surface area contributed by atoms with Crippen LogP contribution in [0.5, 0.6) is 0 Å². The van der Waals surface area contributed by atoms with Gasteiger partial charge >= 0.3 is 0 Å². The Balaban J connectivity index is 1.64. The summed E-state index contributed by atoms with van der Waals surface area (Å²) in [5.74, 6) is 0.718. The van der Waals surface area contributed by atoms with Gasteiger partial charge in [-0.3, -0.25) is 9.48 Å². The van der Waals surface area contributed by atoms with Crippen LogP contribution in [-0.4, -0.2) is 46.3 Å². The molecule has 5 nitrogen and oxygen atoms in total. The van der Waals surface area contributed by atoms with Crippen molar-refractivity contribution in [3.63, 3.8) is 0 Å². The molecule has 2 fully saturated rings. The number of aryl methyl sites for hydroxylation is 1. The zero-order chi connectivity index (χ0) is 14.7. The summed E-state index contributed by atoms with van der Waals surface area (Å²) >= 11 is 0. The van der Waals surface area contributed by atoms with Crippen molar-refractivity contribution in [1.29, 1.82) is 0 Å². The molecule has 0 saturated carbocycles. The zero-order valence-electron chi connectivity index (χ0n) is 12.9. The fraction of sp³-hybridized carbons (Fsp3) is 0.750. The van der Waals surface area contributed by atoms with Crippen LogP contribution in [-0.2, 0) is 6.54 Å². The SMILES string of the molecule is CCCn1ccc(C(=O)N2CC[C@H]3NCCCC[C@@H]3C2)n1. The molecule has 2 atom stereocenters. The van der Waals surface area contributed by atoms with Gasteiger partial charge < -0.3 is 10.2 Å². The number of hydrogen-bond donors (Lipinski definition) is 1. The molecule has 2 aliphatic heterocycles. The van der Waals surface area contributed by atoms with Crippen molar-refractivity contribution in [2.75, 3.05) is 19.6 Å². The average molecular weight is 290 g/mol. The molecular weight excluding hydrogens is 264 g/mol. The molecule has 3 rings (SSSR count). The molecule has 21 heavy (non-hydrogen) atoms. The van der Waals surface area contributed by atoms with Gasteiger partial charge in [0.15, 0.2) is 0 Å². The first kappa shape index (κ1) is 14.6. The van der Waals surface area contributed by atoms with Gasteiger partial charge in [-0.15, -0.1) is 0 Å². The molecule has 2 saturated heterocycles. The van der Waals surface area contributed by atoms with E-state index in [1.54, 1.807) is 0 Å². The standard InChI is InChI=1S/C16H26N4O/c1-2-9-20-11-7-15(18-20)16(21)19-10-6-14-13(12-19)5-3-4-8-17-14/h7,11,13-14,17H,2-6,8-10,12H2,1H3/t13-,14-/m1/s1. The molecule has 3 heterocycles. The van der Waals surface area contributed by atoms with Crippen LogP contribution in [0.4, 0.5) is 0 Å². The molecule has 0 aliphatic carbocycles. The van der Waals surface area contributed by atoms with Gasteiger partial charge in [0.25, 0.3) is 5.91 Å². The fourth-order valence-corrected chi connectivity index (χ4v) is 3.59. The van der Waals surface area contributed by atoms with Crippen molar-refractivity contribution in [3.05, 3.63) is 18.0 Å². The maximum atomic E-state index is 12.6. The summed E-state index contributed by atoms with van der Waals surface area (Å²) in [6, 6.07) is 2.46. The first-order chi connectivity index (χ1) is 10.3. The van der Waals surface area contributed by atoms with Gasteiger partial charge in [-0.2, -0.15) is 5.10 Å². The van der Waals surface area contributed by atoms with Gasteiger partial charge in [0.05, 0.1) is 0 Å². The van der Waals surface area contributed by atoms with Crippen LogP contribution in [0.15, 0.2) is 12.3 Å².